The molecule has 1 unspecified atom stereocenters. The van der Waals surface area contributed by atoms with Gasteiger partial charge in [-0.2, -0.15) is 0 Å². The number of amides is 6. The van der Waals surface area contributed by atoms with Crippen LogP contribution in [0.25, 0.3) is 6.08 Å². The third kappa shape index (κ3) is 12.9. The number of rotatable bonds is 23. The Bertz CT molecular complexity index is 2300. The normalized spacial score (nSPS) is 14.8. The number of allylic oxidation sites excluding steroid dienone is 1. The molecule has 0 radical (unpaired) electrons. The van der Waals surface area contributed by atoms with Crippen LogP contribution in [-0.4, -0.2) is 123 Å². The molecular formula is C47H51N5O11. The topological polar surface area (TPSA) is 192 Å². The molecule has 0 spiro atoms. The molecule has 6 amide bonds. The smallest absolute Gasteiger partial charge is 0.270 e. The Balaban J connectivity index is 0.806. The molecule has 16 nitrogen and oxygen atoms in total. The van der Waals surface area contributed by atoms with Gasteiger partial charge in [-0.05, 0) is 53.8 Å². The average Bonchev–Trinajstić information content (AvgIpc) is 3.53. The van der Waals surface area contributed by atoms with Gasteiger partial charge in [0.25, 0.3) is 17.7 Å². The highest BCUT2D eigenvalue weighted by atomic mass is 16.6. The highest BCUT2D eigenvalue weighted by Crippen LogP contribution is 2.30. The molecule has 3 aromatic carbocycles. The summed E-state index contributed by atoms with van der Waals surface area (Å²) in [6.45, 7) is 2.81. The Morgan fingerprint density at radius 2 is 1.52 bits per heavy atom. The molecule has 2 N–H and O–H groups in total. The number of ether oxygens (including phenoxy) is 5. The third-order valence-corrected chi connectivity index (χ3v) is 10.3. The number of hydrogen-bond donors (Lipinski definition) is 2. The van der Waals surface area contributed by atoms with Crippen LogP contribution in [0.2, 0.25) is 0 Å². The second kappa shape index (κ2) is 22.9. The molecule has 1 atom stereocenters. The first-order valence-electron chi connectivity index (χ1n) is 20.7. The molecule has 2 aliphatic rings. The van der Waals surface area contributed by atoms with Crippen LogP contribution in [0.15, 0.2) is 91.1 Å². The van der Waals surface area contributed by atoms with E-state index in [1.807, 2.05) is 54.6 Å². The second-order valence-corrected chi connectivity index (χ2v) is 14.7. The molecule has 330 valence electrons. The molecule has 1 fully saturated rings. The molecule has 16 heteroatoms. The molecule has 0 aliphatic carbocycles. The molecule has 1 aromatic heterocycles. The van der Waals surface area contributed by atoms with E-state index in [2.05, 4.69) is 27.8 Å². The lowest BCUT2D eigenvalue weighted by atomic mass is 10.0. The van der Waals surface area contributed by atoms with Crippen molar-refractivity contribution in [3.63, 3.8) is 0 Å². The maximum absolute atomic E-state index is 13.0. The van der Waals surface area contributed by atoms with Gasteiger partial charge in [0.1, 0.15) is 29.8 Å². The van der Waals surface area contributed by atoms with Crippen LogP contribution in [0.5, 0.6) is 11.5 Å². The fourth-order valence-corrected chi connectivity index (χ4v) is 6.88. The summed E-state index contributed by atoms with van der Waals surface area (Å²) in [6, 6.07) is 22.8. The summed E-state index contributed by atoms with van der Waals surface area (Å²) in [5.41, 5.74) is 4.19. The van der Waals surface area contributed by atoms with Gasteiger partial charge in [-0.1, -0.05) is 66.7 Å². The highest BCUT2D eigenvalue weighted by Gasteiger charge is 2.44. The summed E-state index contributed by atoms with van der Waals surface area (Å²) in [7, 11) is 3.29. The Kier molecular flexibility index (Phi) is 16.6. The first-order valence-corrected chi connectivity index (χ1v) is 20.7. The van der Waals surface area contributed by atoms with Crippen LogP contribution in [0, 0.1) is 0 Å². The van der Waals surface area contributed by atoms with Crippen molar-refractivity contribution in [3.05, 3.63) is 130 Å². The van der Waals surface area contributed by atoms with Crippen molar-refractivity contribution >= 4 is 41.5 Å². The minimum atomic E-state index is -1.03. The van der Waals surface area contributed by atoms with Crippen LogP contribution in [0.3, 0.4) is 0 Å². The number of nitrogens with one attached hydrogen (secondary N) is 2. The van der Waals surface area contributed by atoms with Crippen molar-refractivity contribution in [3.8, 4) is 11.5 Å². The maximum atomic E-state index is 13.0. The minimum absolute atomic E-state index is 0.0483. The number of nitrogens with zero attached hydrogens (tertiary/aromatic N) is 3. The SMILES string of the molecule is COc1cnc(C(=O)NCc2cccc(CC(=O)N(C)CCOCCOCCOCCOc3ccc4c(c3)C(=O)N(C3CCC(=O)NC3=O)C4=O)c2)cc1/C=C/Cc1ccccc1. The molecule has 0 saturated carbocycles. The number of fused-ring (bicyclic) bond motifs is 1. The molecule has 3 heterocycles. The van der Waals surface area contributed by atoms with E-state index in [1.165, 1.54) is 17.7 Å². The second-order valence-electron chi connectivity index (χ2n) is 14.7. The van der Waals surface area contributed by atoms with Crippen molar-refractivity contribution in [1.29, 1.82) is 0 Å². The standard InChI is InChI=1S/C47H51N5O11/c1-51(43(54)27-33-11-6-12-34(26-33)30-49-44(55)39-28-35(41(59-2)31-48-39)13-7-10-32-8-4-3-5-9-32)18-19-60-20-21-61-22-23-62-24-25-63-36-14-15-37-38(29-36)47(58)52(46(37)57)40-16-17-42(53)50-45(40)56/h3-9,11-15,26,28-29,31,40H,10,16-25,27,30H2,1-2H3,(H,49,55)(H,50,53,56)/b13-7+. The number of carbonyl (C=O) groups excluding carboxylic acids is 6. The number of aromatic nitrogens is 1. The molecule has 0 bridgehead atoms. The summed E-state index contributed by atoms with van der Waals surface area (Å²) >= 11 is 0. The van der Waals surface area contributed by atoms with E-state index in [0.29, 0.717) is 51.1 Å². The van der Waals surface area contributed by atoms with E-state index in [-0.39, 0.29) is 67.7 Å². The zero-order valence-corrected chi connectivity index (χ0v) is 35.3. The van der Waals surface area contributed by atoms with Gasteiger partial charge in [0.15, 0.2) is 0 Å². The Labute approximate surface area is 365 Å². The summed E-state index contributed by atoms with van der Waals surface area (Å²) in [5.74, 6) is -1.72. The van der Waals surface area contributed by atoms with Crippen molar-refractivity contribution in [2.24, 2.45) is 0 Å². The van der Waals surface area contributed by atoms with Gasteiger partial charge in [-0.15, -0.1) is 0 Å². The monoisotopic (exact) mass is 861 g/mol. The lowest BCUT2D eigenvalue weighted by Gasteiger charge is -2.27. The number of hydrogen-bond acceptors (Lipinski definition) is 12. The average molecular weight is 862 g/mol. The van der Waals surface area contributed by atoms with Crippen LogP contribution >= 0.6 is 0 Å². The van der Waals surface area contributed by atoms with Crippen molar-refractivity contribution < 1.29 is 52.5 Å². The summed E-state index contributed by atoms with van der Waals surface area (Å²) in [4.78, 5) is 82.4. The van der Waals surface area contributed by atoms with Gasteiger partial charge >= 0.3 is 0 Å². The van der Waals surface area contributed by atoms with E-state index in [0.717, 1.165) is 28.0 Å². The van der Waals surface area contributed by atoms with Crippen molar-refractivity contribution in [1.82, 2.24) is 25.4 Å². The van der Waals surface area contributed by atoms with E-state index >= 15 is 0 Å². The third-order valence-electron chi connectivity index (χ3n) is 10.3. The number of likely N-dealkylation sites (N-methyl/N-ethyl adjacent to an activating group) is 1. The number of methoxy groups -OCH3 is 1. The highest BCUT2D eigenvalue weighted by molar-refractivity contribution is 6.23. The van der Waals surface area contributed by atoms with E-state index < -0.39 is 29.7 Å². The van der Waals surface area contributed by atoms with Crippen molar-refractivity contribution in [2.75, 3.05) is 67.0 Å². The van der Waals surface area contributed by atoms with Crippen LogP contribution < -0.4 is 20.1 Å². The Morgan fingerprint density at radius 1 is 0.825 bits per heavy atom. The van der Waals surface area contributed by atoms with Crippen LogP contribution in [0.1, 0.15) is 66.3 Å². The molecular weight excluding hydrogens is 811 g/mol. The lowest BCUT2D eigenvalue weighted by molar-refractivity contribution is -0.136. The molecule has 1 saturated heterocycles. The molecule has 6 rings (SSSR count). The van der Waals surface area contributed by atoms with E-state index in [1.54, 1.807) is 37.4 Å². The molecule has 63 heavy (non-hydrogen) atoms. The van der Waals surface area contributed by atoms with Gasteiger partial charge in [0.05, 0.1) is 70.5 Å². The number of imide groups is 2. The first-order chi connectivity index (χ1) is 30.6. The van der Waals surface area contributed by atoms with Gasteiger partial charge in [-0.25, -0.2) is 4.98 Å². The zero-order valence-electron chi connectivity index (χ0n) is 35.3. The predicted octanol–water partition coefficient (Wildman–Crippen LogP) is 3.81. The number of carbonyl (C=O) groups is 6. The lowest BCUT2D eigenvalue weighted by Crippen LogP contribution is -2.54. The Morgan fingerprint density at radius 3 is 2.27 bits per heavy atom. The summed E-state index contributed by atoms with van der Waals surface area (Å²) in [5, 5.41) is 5.10. The number of piperidine rings is 1. The molecule has 4 aromatic rings. The summed E-state index contributed by atoms with van der Waals surface area (Å²) in [6.07, 6.45) is 6.55. The molecule has 2 aliphatic heterocycles. The largest absolute Gasteiger partial charge is 0.495 e. The number of benzene rings is 3. The fourth-order valence-electron chi connectivity index (χ4n) is 6.88. The summed E-state index contributed by atoms with van der Waals surface area (Å²) < 4.78 is 27.9. The van der Waals surface area contributed by atoms with Crippen molar-refractivity contribution in [2.45, 2.75) is 38.3 Å². The van der Waals surface area contributed by atoms with Gasteiger partial charge in [0.2, 0.25) is 17.7 Å². The van der Waals surface area contributed by atoms with Gasteiger partial charge < -0.3 is 33.9 Å². The van der Waals surface area contributed by atoms with Crippen LogP contribution in [0.4, 0.5) is 0 Å². The maximum Gasteiger partial charge on any atom is 0.270 e. The predicted molar refractivity (Wildman–Crippen MR) is 230 cm³/mol. The fraction of sp³-hybridized carbons (Fsp3) is 0.340. The first kappa shape index (κ1) is 45.8. The van der Waals surface area contributed by atoms with Gasteiger partial charge in [0, 0.05) is 32.1 Å². The Hall–Kier alpha value is -6.75. The quantitative estimate of drug-likeness (QED) is 0.0812. The minimum Gasteiger partial charge on any atom is -0.495 e. The number of pyridine rings is 1. The van der Waals surface area contributed by atoms with E-state index in [9.17, 15) is 28.8 Å². The van der Waals surface area contributed by atoms with Gasteiger partial charge in [-0.3, -0.25) is 39.0 Å². The zero-order chi connectivity index (χ0) is 44.6. The van der Waals surface area contributed by atoms with E-state index in [4.69, 9.17) is 23.7 Å². The van der Waals surface area contributed by atoms with Crippen LogP contribution in [-0.2, 0) is 48.0 Å².